The predicted octanol–water partition coefficient (Wildman–Crippen LogP) is -1.08. The topological polar surface area (TPSA) is 73.5 Å². The van der Waals surface area contributed by atoms with Crippen molar-refractivity contribution in [2.45, 2.75) is 31.8 Å². The number of piperidine rings is 1. The molecule has 1 aliphatic heterocycles. The Kier molecular flexibility index (Phi) is 6.07. The highest BCUT2D eigenvalue weighted by Gasteiger charge is 2.22. The smallest absolute Gasteiger partial charge is 0.237 e. The number of likely N-dealkylation sites (tertiary alicyclic amines) is 1. The SMILES string of the molecule is CNC(=O)CN1CCC(NC(=O)C(C)NC)CC1. The lowest BCUT2D eigenvalue weighted by molar-refractivity contribution is -0.124. The Labute approximate surface area is 108 Å². The number of hydrogen-bond acceptors (Lipinski definition) is 4. The molecule has 1 saturated heterocycles. The lowest BCUT2D eigenvalue weighted by Gasteiger charge is -2.32. The van der Waals surface area contributed by atoms with Crippen LogP contribution in [0.4, 0.5) is 0 Å². The van der Waals surface area contributed by atoms with Crippen molar-refractivity contribution in [1.29, 1.82) is 0 Å². The summed E-state index contributed by atoms with van der Waals surface area (Å²) in [5.74, 6) is 0.0866. The standard InChI is InChI=1S/C12H24N4O2/c1-9(13-2)12(18)15-10-4-6-16(7-5-10)8-11(17)14-3/h9-10,13H,4-8H2,1-3H3,(H,14,17)(H,15,18). The average molecular weight is 256 g/mol. The molecule has 0 radical (unpaired) electrons. The van der Waals surface area contributed by atoms with Crippen molar-refractivity contribution < 1.29 is 9.59 Å². The van der Waals surface area contributed by atoms with Gasteiger partial charge in [-0.05, 0) is 26.8 Å². The molecular formula is C12H24N4O2. The van der Waals surface area contributed by atoms with Crippen molar-refractivity contribution in [1.82, 2.24) is 20.9 Å². The second kappa shape index (κ2) is 7.33. The Morgan fingerprint density at radius 2 is 1.89 bits per heavy atom. The summed E-state index contributed by atoms with van der Waals surface area (Å²) in [6.07, 6.45) is 1.80. The molecule has 1 atom stereocenters. The van der Waals surface area contributed by atoms with E-state index in [1.165, 1.54) is 0 Å². The van der Waals surface area contributed by atoms with Gasteiger partial charge in [-0.25, -0.2) is 0 Å². The molecule has 1 rings (SSSR count). The van der Waals surface area contributed by atoms with E-state index >= 15 is 0 Å². The van der Waals surface area contributed by atoms with Gasteiger partial charge in [0.25, 0.3) is 0 Å². The van der Waals surface area contributed by atoms with E-state index in [1.807, 2.05) is 6.92 Å². The van der Waals surface area contributed by atoms with Crippen LogP contribution in [0.1, 0.15) is 19.8 Å². The van der Waals surface area contributed by atoms with Gasteiger partial charge in [0.2, 0.25) is 11.8 Å². The maximum atomic E-state index is 11.7. The van der Waals surface area contributed by atoms with Crippen molar-refractivity contribution in [3.8, 4) is 0 Å². The summed E-state index contributed by atoms with van der Waals surface area (Å²) < 4.78 is 0. The number of rotatable bonds is 5. The Morgan fingerprint density at radius 3 is 2.39 bits per heavy atom. The van der Waals surface area contributed by atoms with Crippen LogP contribution >= 0.6 is 0 Å². The van der Waals surface area contributed by atoms with Crippen molar-refractivity contribution >= 4 is 11.8 Å². The normalized spacial score (nSPS) is 19.3. The summed E-state index contributed by atoms with van der Waals surface area (Å²) in [4.78, 5) is 25.0. The summed E-state index contributed by atoms with van der Waals surface area (Å²) >= 11 is 0. The fraction of sp³-hybridized carbons (Fsp3) is 0.833. The minimum atomic E-state index is -0.158. The predicted molar refractivity (Wildman–Crippen MR) is 70.2 cm³/mol. The second-order valence-corrected chi connectivity index (χ2v) is 4.74. The molecule has 0 aromatic carbocycles. The van der Waals surface area contributed by atoms with Crippen LogP contribution in [0.15, 0.2) is 0 Å². The number of carbonyl (C=O) groups is 2. The first-order valence-corrected chi connectivity index (χ1v) is 6.47. The average Bonchev–Trinajstić information content (AvgIpc) is 2.39. The van der Waals surface area contributed by atoms with E-state index in [-0.39, 0.29) is 23.9 Å². The summed E-state index contributed by atoms with van der Waals surface area (Å²) in [6, 6.07) is 0.0723. The first-order chi connectivity index (χ1) is 8.56. The summed E-state index contributed by atoms with van der Waals surface area (Å²) in [6.45, 7) is 4.00. The van der Waals surface area contributed by atoms with Gasteiger partial charge < -0.3 is 16.0 Å². The zero-order valence-corrected chi connectivity index (χ0v) is 11.5. The zero-order chi connectivity index (χ0) is 13.5. The molecule has 2 amide bonds. The van der Waals surface area contributed by atoms with E-state index in [1.54, 1.807) is 14.1 Å². The lowest BCUT2D eigenvalue weighted by atomic mass is 10.0. The van der Waals surface area contributed by atoms with Gasteiger partial charge >= 0.3 is 0 Å². The molecule has 104 valence electrons. The maximum absolute atomic E-state index is 11.7. The highest BCUT2D eigenvalue weighted by Crippen LogP contribution is 2.09. The molecule has 0 aromatic heterocycles. The van der Waals surface area contributed by atoms with Gasteiger partial charge in [-0.1, -0.05) is 0 Å². The van der Waals surface area contributed by atoms with Crippen LogP contribution in [-0.2, 0) is 9.59 Å². The third kappa shape index (κ3) is 4.62. The molecule has 1 heterocycles. The van der Waals surface area contributed by atoms with Crippen LogP contribution in [0.5, 0.6) is 0 Å². The van der Waals surface area contributed by atoms with Crippen LogP contribution in [0, 0.1) is 0 Å². The van der Waals surface area contributed by atoms with Crippen molar-refractivity contribution in [2.75, 3.05) is 33.7 Å². The Morgan fingerprint density at radius 1 is 1.28 bits per heavy atom. The first kappa shape index (κ1) is 14.9. The number of amides is 2. The van der Waals surface area contributed by atoms with Crippen molar-refractivity contribution in [2.24, 2.45) is 0 Å². The number of carbonyl (C=O) groups excluding carboxylic acids is 2. The van der Waals surface area contributed by atoms with Gasteiger partial charge in [0, 0.05) is 26.2 Å². The summed E-state index contributed by atoms with van der Waals surface area (Å²) in [7, 11) is 3.42. The molecule has 1 aliphatic rings. The summed E-state index contributed by atoms with van der Waals surface area (Å²) in [5.41, 5.74) is 0. The Bertz CT molecular complexity index is 288. The molecule has 0 spiro atoms. The van der Waals surface area contributed by atoms with Gasteiger partial charge in [0.15, 0.2) is 0 Å². The maximum Gasteiger partial charge on any atom is 0.237 e. The van der Waals surface area contributed by atoms with Crippen molar-refractivity contribution in [3.63, 3.8) is 0 Å². The van der Waals surface area contributed by atoms with E-state index < -0.39 is 0 Å². The van der Waals surface area contributed by atoms with Gasteiger partial charge in [-0.15, -0.1) is 0 Å². The lowest BCUT2D eigenvalue weighted by Crippen LogP contribution is -2.50. The summed E-state index contributed by atoms with van der Waals surface area (Å²) in [5, 5.41) is 8.57. The molecule has 18 heavy (non-hydrogen) atoms. The number of likely N-dealkylation sites (N-methyl/N-ethyl adjacent to an activating group) is 2. The highest BCUT2D eigenvalue weighted by atomic mass is 16.2. The molecule has 6 nitrogen and oxygen atoms in total. The molecule has 1 unspecified atom stereocenters. The van der Waals surface area contributed by atoms with E-state index in [0.717, 1.165) is 25.9 Å². The van der Waals surface area contributed by atoms with Gasteiger partial charge in [-0.3, -0.25) is 14.5 Å². The van der Waals surface area contributed by atoms with Crippen LogP contribution in [0.3, 0.4) is 0 Å². The molecule has 0 aromatic rings. The van der Waals surface area contributed by atoms with Gasteiger partial charge in [0.1, 0.15) is 0 Å². The molecular weight excluding hydrogens is 232 g/mol. The minimum absolute atomic E-state index is 0.0429. The van der Waals surface area contributed by atoms with Crippen LogP contribution in [0.2, 0.25) is 0 Å². The van der Waals surface area contributed by atoms with E-state index in [2.05, 4.69) is 20.9 Å². The number of nitrogens with zero attached hydrogens (tertiary/aromatic N) is 1. The van der Waals surface area contributed by atoms with Crippen LogP contribution in [0.25, 0.3) is 0 Å². The van der Waals surface area contributed by atoms with Crippen molar-refractivity contribution in [3.05, 3.63) is 0 Å². The largest absolute Gasteiger partial charge is 0.358 e. The quantitative estimate of drug-likeness (QED) is 0.585. The molecule has 6 heteroatoms. The Balaban J connectivity index is 2.27. The highest BCUT2D eigenvalue weighted by molar-refractivity contribution is 5.81. The van der Waals surface area contributed by atoms with Crippen LogP contribution in [-0.4, -0.2) is 62.5 Å². The first-order valence-electron chi connectivity index (χ1n) is 6.47. The van der Waals surface area contributed by atoms with E-state index in [9.17, 15) is 9.59 Å². The van der Waals surface area contributed by atoms with Gasteiger partial charge in [-0.2, -0.15) is 0 Å². The Hall–Kier alpha value is -1.14. The van der Waals surface area contributed by atoms with E-state index in [4.69, 9.17) is 0 Å². The molecule has 1 fully saturated rings. The number of hydrogen-bond donors (Lipinski definition) is 3. The fourth-order valence-electron chi connectivity index (χ4n) is 1.97. The molecule has 0 saturated carbocycles. The second-order valence-electron chi connectivity index (χ2n) is 4.74. The fourth-order valence-corrected chi connectivity index (χ4v) is 1.97. The zero-order valence-electron chi connectivity index (χ0n) is 11.5. The monoisotopic (exact) mass is 256 g/mol. The van der Waals surface area contributed by atoms with Crippen LogP contribution < -0.4 is 16.0 Å². The molecule has 3 N–H and O–H groups in total. The third-order valence-corrected chi connectivity index (χ3v) is 3.41. The van der Waals surface area contributed by atoms with E-state index in [0.29, 0.717) is 6.54 Å². The third-order valence-electron chi connectivity index (χ3n) is 3.41. The minimum Gasteiger partial charge on any atom is -0.358 e. The number of nitrogens with one attached hydrogen (secondary N) is 3. The molecule has 0 bridgehead atoms. The van der Waals surface area contributed by atoms with Gasteiger partial charge in [0.05, 0.1) is 12.6 Å². The molecule has 0 aliphatic carbocycles.